The van der Waals surface area contributed by atoms with Crippen LogP contribution in [0.25, 0.3) is 0 Å². The molecular formula is C12H9FN2O2. The molecule has 86 valence electrons. The zero-order valence-electron chi connectivity index (χ0n) is 8.81. The van der Waals surface area contributed by atoms with Gasteiger partial charge in [0.15, 0.2) is 11.9 Å². The molecule has 0 saturated carbocycles. The van der Waals surface area contributed by atoms with Gasteiger partial charge in [0.1, 0.15) is 11.6 Å². The Kier molecular flexibility index (Phi) is 2.18. The van der Waals surface area contributed by atoms with E-state index in [0.29, 0.717) is 12.2 Å². The first-order valence-electron chi connectivity index (χ1n) is 5.23. The van der Waals surface area contributed by atoms with E-state index in [1.54, 1.807) is 12.3 Å². The number of hydrogen-bond acceptors (Lipinski definition) is 3. The van der Waals surface area contributed by atoms with Crippen LogP contribution in [0.3, 0.4) is 0 Å². The number of ether oxygens (including phenoxy) is 1. The van der Waals surface area contributed by atoms with Gasteiger partial charge >= 0.3 is 0 Å². The number of ketones is 1. The zero-order chi connectivity index (χ0) is 11.8. The SMILES string of the molecule is O=C(c1ncc[nH]1)[C@H]1Cc2cc(F)ccc2O1. The summed E-state index contributed by atoms with van der Waals surface area (Å²) in [5.74, 6) is 0.296. The van der Waals surface area contributed by atoms with Gasteiger partial charge in [0.2, 0.25) is 5.78 Å². The molecule has 0 spiro atoms. The molecule has 0 saturated heterocycles. The van der Waals surface area contributed by atoms with Crippen molar-refractivity contribution in [3.8, 4) is 5.75 Å². The lowest BCUT2D eigenvalue weighted by Crippen LogP contribution is -2.26. The minimum Gasteiger partial charge on any atom is -0.481 e. The molecule has 0 amide bonds. The predicted octanol–water partition coefficient (Wildman–Crippen LogP) is 1.74. The van der Waals surface area contributed by atoms with Crippen molar-refractivity contribution in [2.24, 2.45) is 0 Å². The van der Waals surface area contributed by atoms with Gasteiger partial charge in [-0.3, -0.25) is 4.79 Å². The van der Waals surface area contributed by atoms with Crippen LogP contribution in [0.5, 0.6) is 5.75 Å². The molecule has 0 fully saturated rings. The van der Waals surface area contributed by atoms with E-state index in [-0.39, 0.29) is 17.4 Å². The van der Waals surface area contributed by atoms with Crippen molar-refractivity contribution in [1.29, 1.82) is 0 Å². The van der Waals surface area contributed by atoms with Crippen LogP contribution in [0.4, 0.5) is 4.39 Å². The zero-order valence-corrected chi connectivity index (χ0v) is 8.81. The molecule has 0 bridgehead atoms. The molecule has 1 aliphatic heterocycles. The number of fused-ring (bicyclic) bond motifs is 1. The summed E-state index contributed by atoms with van der Waals surface area (Å²) in [6.07, 6.45) is 2.86. The van der Waals surface area contributed by atoms with Gasteiger partial charge < -0.3 is 9.72 Å². The Hall–Kier alpha value is -2.17. The number of carbonyl (C=O) groups excluding carboxylic acids is 1. The van der Waals surface area contributed by atoms with Crippen LogP contribution in [0, 0.1) is 5.82 Å². The summed E-state index contributed by atoms with van der Waals surface area (Å²) in [6, 6.07) is 4.25. The molecule has 1 N–H and O–H groups in total. The number of rotatable bonds is 2. The molecule has 1 atom stereocenters. The summed E-state index contributed by atoms with van der Waals surface area (Å²) in [5.41, 5.74) is 0.718. The molecular weight excluding hydrogens is 223 g/mol. The van der Waals surface area contributed by atoms with E-state index in [9.17, 15) is 9.18 Å². The van der Waals surface area contributed by atoms with E-state index >= 15 is 0 Å². The van der Waals surface area contributed by atoms with Crippen molar-refractivity contribution in [2.75, 3.05) is 0 Å². The molecule has 4 nitrogen and oxygen atoms in total. The number of aromatic amines is 1. The third kappa shape index (κ3) is 1.69. The second-order valence-corrected chi connectivity index (χ2v) is 3.86. The highest BCUT2D eigenvalue weighted by atomic mass is 19.1. The van der Waals surface area contributed by atoms with Gasteiger partial charge in [0.05, 0.1) is 0 Å². The Bertz CT molecular complexity index is 566. The van der Waals surface area contributed by atoms with Gasteiger partial charge in [0, 0.05) is 24.4 Å². The maximum absolute atomic E-state index is 13.0. The predicted molar refractivity (Wildman–Crippen MR) is 57.4 cm³/mol. The number of nitrogens with one attached hydrogen (secondary N) is 1. The summed E-state index contributed by atoms with van der Waals surface area (Å²) in [7, 11) is 0. The van der Waals surface area contributed by atoms with Crippen LogP contribution in [0.1, 0.15) is 16.2 Å². The first-order valence-corrected chi connectivity index (χ1v) is 5.23. The lowest BCUT2D eigenvalue weighted by molar-refractivity contribution is 0.0814. The molecule has 3 rings (SSSR count). The van der Waals surface area contributed by atoms with E-state index in [2.05, 4.69) is 9.97 Å². The number of halogens is 1. The summed E-state index contributed by atoms with van der Waals surface area (Å²) in [6.45, 7) is 0. The number of H-pyrrole nitrogens is 1. The van der Waals surface area contributed by atoms with Crippen LogP contribution < -0.4 is 4.74 Å². The highest BCUT2D eigenvalue weighted by molar-refractivity contribution is 5.97. The first-order chi connectivity index (χ1) is 8.24. The lowest BCUT2D eigenvalue weighted by atomic mass is 10.1. The maximum atomic E-state index is 13.0. The number of imidazole rings is 1. The topological polar surface area (TPSA) is 55.0 Å². The Morgan fingerprint density at radius 2 is 2.41 bits per heavy atom. The molecule has 0 unspecified atom stereocenters. The Morgan fingerprint density at radius 1 is 1.53 bits per heavy atom. The average molecular weight is 232 g/mol. The normalized spacial score (nSPS) is 17.6. The average Bonchev–Trinajstić information content (AvgIpc) is 2.96. The van der Waals surface area contributed by atoms with Gasteiger partial charge in [-0.1, -0.05) is 0 Å². The second kappa shape index (κ2) is 3.69. The highest BCUT2D eigenvalue weighted by Gasteiger charge is 2.31. The number of nitrogens with zero attached hydrogens (tertiary/aromatic N) is 1. The summed E-state index contributed by atoms with van der Waals surface area (Å²) in [4.78, 5) is 18.6. The molecule has 2 heterocycles. The molecule has 1 aromatic carbocycles. The largest absolute Gasteiger partial charge is 0.481 e. The minimum absolute atomic E-state index is 0.216. The number of carbonyl (C=O) groups is 1. The van der Waals surface area contributed by atoms with Crippen molar-refractivity contribution < 1.29 is 13.9 Å². The van der Waals surface area contributed by atoms with Gasteiger partial charge in [-0.2, -0.15) is 0 Å². The third-order valence-electron chi connectivity index (χ3n) is 2.72. The molecule has 0 aliphatic carbocycles. The second-order valence-electron chi connectivity index (χ2n) is 3.86. The van der Waals surface area contributed by atoms with Gasteiger partial charge in [-0.05, 0) is 18.2 Å². The molecule has 0 radical (unpaired) electrons. The van der Waals surface area contributed by atoms with Crippen molar-refractivity contribution in [3.63, 3.8) is 0 Å². The Balaban J connectivity index is 1.85. The van der Waals surface area contributed by atoms with E-state index in [4.69, 9.17) is 4.74 Å². The Morgan fingerprint density at radius 3 is 3.18 bits per heavy atom. The summed E-state index contributed by atoms with van der Waals surface area (Å²) >= 11 is 0. The van der Waals surface area contributed by atoms with Gasteiger partial charge in [-0.15, -0.1) is 0 Å². The van der Waals surface area contributed by atoms with Crippen molar-refractivity contribution in [2.45, 2.75) is 12.5 Å². The summed E-state index contributed by atoms with van der Waals surface area (Å²) in [5, 5.41) is 0. The van der Waals surface area contributed by atoms with E-state index in [0.717, 1.165) is 5.56 Å². The first kappa shape index (κ1) is 10.0. The van der Waals surface area contributed by atoms with Crippen LogP contribution in [0.15, 0.2) is 30.6 Å². The number of aromatic nitrogens is 2. The number of benzene rings is 1. The fourth-order valence-electron chi connectivity index (χ4n) is 1.92. The van der Waals surface area contributed by atoms with Gasteiger partial charge in [0.25, 0.3) is 0 Å². The van der Waals surface area contributed by atoms with Crippen LogP contribution in [-0.2, 0) is 6.42 Å². The van der Waals surface area contributed by atoms with Gasteiger partial charge in [-0.25, -0.2) is 9.37 Å². The Labute approximate surface area is 96.4 Å². The van der Waals surface area contributed by atoms with Crippen LogP contribution in [-0.4, -0.2) is 21.9 Å². The number of hydrogen-bond donors (Lipinski definition) is 1. The van der Waals surface area contributed by atoms with Crippen molar-refractivity contribution in [3.05, 3.63) is 47.8 Å². The smallest absolute Gasteiger partial charge is 0.238 e. The quantitative estimate of drug-likeness (QED) is 0.802. The van der Waals surface area contributed by atoms with E-state index in [1.807, 2.05) is 0 Å². The molecule has 1 aliphatic rings. The number of Topliss-reactive ketones (excluding diaryl/α,β-unsaturated/α-hetero) is 1. The fraction of sp³-hybridized carbons (Fsp3) is 0.167. The molecule has 2 aromatic rings. The molecule has 5 heteroatoms. The monoisotopic (exact) mass is 232 g/mol. The fourth-order valence-corrected chi connectivity index (χ4v) is 1.92. The minimum atomic E-state index is -0.613. The standard InChI is InChI=1S/C12H9FN2O2/c13-8-1-2-9-7(5-8)6-10(17-9)11(16)12-14-3-4-15-12/h1-5,10H,6H2,(H,14,15)/t10-/m1/s1. The lowest BCUT2D eigenvalue weighted by Gasteiger charge is -2.06. The molecule has 1 aromatic heterocycles. The summed E-state index contributed by atoms with van der Waals surface area (Å²) < 4.78 is 18.5. The molecule has 17 heavy (non-hydrogen) atoms. The highest BCUT2D eigenvalue weighted by Crippen LogP contribution is 2.30. The third-order valence-corrected chi connectivity index (χ3v) is 2.72. The van der Waals surface area contributed by atoms with E-state index in [1.165, 1.54) is 18.3 Å². The van der Waals surface area contributed by atoms with Crippen LogP contribution in [0.2, 0.25) is 0 Å². The van der Waals surface area contributed by atoms with E-state index < -0.39 is 6.10 Å². The van der Waals surface area contributed by atoms with Crippen molar-refractivity contribution >= 4 is 5.78 Å². The van der Waals surface area contributed by atoms with Crippen molar-refractivity contribution in [1.82, 2.24) is 9.97 Å². The maximum Gasteiger partial charge on any atom is 0.238 e. The van der Waals surface area contributed by atoms with Crippen LogP contribution >= 0.6 is 0 Å².